The number of alkyl halides is 3. The van der Waals surface area contributed by atoms with Gasteiger partial charge in [0, 0.05) is 6.54 Å². The fourth-order valence-corrected chi connectivity index (χ4v) is 3.83. The van der Waals surface area contributed by atoms with E-state index in [-0.39, 0.29) is 30.5 Å². The molecule has 2 fully saturated rings. The zero-order valence-electron chi connectivity index (χ0n) is 16.2. The van der Waals surface area contributed by atoms with Crippen LogP contribution in [0.2, 0.25) is 0 Å². The molecule has 30 heavy (non-hydrogen) atoms. The van der Waals surface area contributed by atoms with E-state index >= 15 is 0 Å². The Bertz CT molecular complexity index is 817. The lowest BCUT2D eigenvalue weighted by Crippen LogP contribution is -2.61. The largest absolute Gasteiger partial charge is 0.418 e. The summed E-state index contributed by atoms with van der Waals surface area (Å²) in [6.45, 7) is 0.623. The van der Waals surface area contributed by atoms with Gasteiger partial charge < -0.3 is 26.6 Å². The van der Waals surface area contributed by atoms with Crippen molar-refractivity contribution < 1.29 is 27.6 Å². The number of benzene rings is 1. The van der Waals surface area contributed by atoms with Crippen LogP contribution in [0.3, 0.4) is 0 Å². The zero-order chi connectivity index (χ0) is 21.9. The van der Waals surface area contributed by atoms with Gasteiger partial charge in [0.05, 0.1) is 17.3 Å². The first-order valence-electron chi connectivity index (χ1n) is 9.75. The molecule has 2 heterocycles. The predicted molar refractivity (Wildman–Crippen MR) is 102 cm³/mol. The van der Waals surface area contributed by atoms with Crippen molar-refractivity contribution >= 4 is 23.5 Å². The Morgan fingerprint density at radius 2 is 1.97 bits per heavy atom. The second-order valence-corrected chi connectivity index (χ2v) is 7.43. The van der Waals surface area contributed by atoms with Crippen molar-refractivity contribution in [2.45, 2.75) is 50.0 Å². The first-order valence-corrected chi connectivity index (χ1v) is 9.75. The number of anilines is 1. The Balaban J connectivity index is 1.60. The van der Waals surface area contributed by atoms with Gasteiger partial charge in [0.1, 0.15) is 12.1 Å². The highest BCUT2D eigenvalue weighted by atomic mass is 19.4. The number of piperazine rings is 1. The number of hydrogen-bond acceptors (Lipinski definition) is 4. The lowest BCUT2D eigenvalue weighted by Gasteiger charge is -2.34. The van der Waals surface area contributed by atoms with E-state index in [0.717, 1.165) is 18.6 Å². The fraction of sp³-hybridized carbons (Fsp3) is 0.526. The summed E-state index contributed by atoms with van der Waals surface area (Å²) in [5.74, 6) is -0.511. The Hall–Kier alpha value is -2.82. The molecule has 164 valence electrons. The van der Waals surface area contributed by atoms with Crippen LogP contribution in [0.5, 0.6) is 0 Å². The molecule has 1 aromatic carbocycles. The molecule has 1 aromatic rings. The SMILES string of the molecule is NCCCC[C@@H]1NC(=O)[C@@H]2C[C@H](NC(=O)Nc3ccccc3C(F)(F)F)CN2C1=O. The summed E-state index contributed by atoms with van der Waals surface area (Å²) < 4.78 is 39.2. The van der Waals surface area contributed by atoms with Crippen LogP contribution >= 0.6 is 0 Å². The number of fused-ring (bicyclic) bond motifs is 1. The van der Waals surface area contributed by atoms with Crippen molar-refractivity contribution in [3.8, 4) is 0 Å². The van der Waals surface area contributed by atoms with E-state index in [0.29, 0.717) is 19.4 Å². The molecule has 0 unspecified atom stereocenters. The lowest BCUT2D eigenvalue weighted by atomic mass is 10.0. The van der Waals surface area contributed by atoms with E-state index in [2.05, 4.69) is 16.0 Å². The number of carbonyl (C=O) groups excluding carboxylic acids is 3. The number of nitrogens with zero attached hydrogens (tertiary/aromatic N) is 1. The molecule has 2 aliphatic heterocycles. The van der Waals surface area contributed by atoms with Crippen LogP contribution in [0.15, 0.2) is 24.3 Å². The number of carbonyl (C=O) groups is 3. The third kappa shape index (κ3) is 4.84. The summed E-state index contributed by atoms with van der Waals surface area (Å²) in [6.07, 6.45) is -2.48. The smallest absolute Gasteiger partial charge is 0.343 e. The minimum absolute atomic E-state index is 0.124. The predicted octanol–water partition coefficient (Wildman–Crippen LogP) is 1.42. The highest BCUT2D eigenvalue weighted by Crippen LogP contribution is 2.34. The van der Waals surface area contributed by atoms with Gasteiger partial charge in [-0.3, -0.25) is 9.59 Å². The summed E-state index contributed by atoms with van der Waals surface area (Å²) in [5.41, 5.74) is 4.13. The van der Waals surface area contributed by atoms with Crippen LogP contribution in [0, 0.1) is 0 Å². The van der Waals surface area contributed by atoms with Crippen molar-refractivity contribution in [3.63, 3.8) is 0 Å². The minimum Gasteiger partial charge on any atom is -0.343 e. The van der Waals surface area contributed by atoms with Crippen molar-refractivity contribution in [2.75, 3.05) is 18.4 Å². The van der Waals surface area contributed by atoms with E-state index in [1.807, 2.05) is 0 Å². The molecule has 0 spiro atoms. The lowest BCUT2D eigenvalue weighted by molar-refractivity contribution is -0.147. The van der Waals surface area contributed by atoms with Crippen molar-refractivity contribution in [1.82, 2.24) is 15.5 Å². The first kappa shape index (κ1) is 21.9. The molecular formula is C19H24F3N5O3. The maximum atomic E-state index is 13.1. The molecule has 0 radical (unpaired) electrons. The first-order chi connectivity index (χ1) is 14.2. The average molecular weight is 427 g/mol. The van der Waals surface area contributed by atoms with E-state index in [9.17, 15) is 27.6 Å². The molecule has 3 rings (SSSR count). The second kappa shape index (κ2) is 8.90. The van der Waals surface area contributed by atoms with Crippen molar-refractivity contribution in [2.24, 2.45) is 5.73 Å². The van der Waals surface area contributed by atoms with Crippen LogP contribution in [-0.4, -0.2) is 54.0 Å². The number of urea groups is 1. The number of para-hydroxylation sites is 1. The van der Waals surface area contributed by atoms with Crippen LogP contribution in [0.4, 0.5) is 23.7 Å². The Kier molecular flexibility index (Phi) is 6.49. The number of unbranched alkanes of at least 4 members (excludes halogenated alkanes) is 1. The van der Waals surface area contributed by atoms with Crippen LogP contribution in [-0.2, 0) is 15.8 Å². The molecular weight excluding hydrogens is 403 g/mol. The van der Waals surface area contributed by atoms with Crippen LogP contribution < -0.4 is 21.7 Å². The molecule has 4 amide bonds. The molecule has 11 heteroatoms. The Labute approximate surface area is 171 Å². The van der Waals surface area contributed by atoms with Crippen LogP contribution in [0.1, 0.15) is 31.2 Å². The standard InChI is InChI=1S/C19H24F3N5O3/c20-19(21,22)12-5-1-2-6-13(12)26-18(30)24-11-9-15-16(28)25-14(7-3-4-8-23)17(29)27(15)10-11/h1-2,5-6,11,14-15H,3-4,7-10,23H2,(H,25,28)(H2,24,26,30)/t11-,14-,15-/m0/s1. The molecule has 2 saturated heterocycles. The molecule has 3 atom stereocenters. The number of hydrogen-bond donors (Lipinski definition) is 4. The van der Waals surface area contributed by atoms with Gasteiger partial charge in [0.15, 0.2) is 0 Å². The van der Waals surface area contributed by atoms with E-state index in [4.69, 9.17) is 5.73 Å². The summed E-state index contributed by atoms with van der Waals surface area (Å²) in [6, 6.07) is 1.95. The number of nitrogens with two attached hydrogens (primary N) is 1. The normalized spacial score (nSPS) is 23.7. The van der Waals surface area contributed by atoms with Gasteiger partial charge in [-0.1, -0.05) is 12.1 Å². The van der Waals surface area contributed by atoms with Gasteiger partial charge in [-0.15, -0.1) is 0 Å². The number of rotatable bonds is 6. The summed E-state index contributed by atoms with van der Waals surface area (Å²) in [5, 5.41) is 7.48. The third-order valence-corrected chi connectivity index (χ3v) is 5.26. The Morgan fingerprint density at radius 3 is 2.67 bits per heavy atom. The minimum atomic E-state index is -4.61. The fourth-order valence-electron chi connectivity index (χ4n) is 3.83. The molecule has 5 N–H and O–H groups in total. The molecule has 2 aliphatic rings. The number of halogens is 3. The maximum Gasteiger partial charge on any atom is 0.418 e. The molecule has 0 aromatic heterocycles. The summed E-state index contributed by atoms with van der Waals surface area (Å²) in [4.78, 5) is 38.7. The van der Waals surface area contributed by atoms with Crippen LogP contribution in [0.25, 0.3) is 0 Å². The van der Waals surface area contributed by atoms with Gasteiger partial charge in [0.2, 0.25) is 11.8 Å². The van der Waals surface area contributed by atoms with Gasteiger partial charge in [-0.2, -0.15) is 13.2 Å². The summed E-state index contributed by atoms with van der Waals surface area (Å²) in [7, 11) is 0. The van der Waals surface area contributed by atoms with Crippen molar-refractivity contribution in [3.05, 3.63) is 29.8 Å². The van der Waals surface area contributed by atoms with E-state index in [1.54, 1.807) is 0 Å². The number of amides is 4. The maximum absolute atomic E-state index is 13.1. The molecule has 8 nitrogen and oxygen atoms in total. The highest BCUT2D eigenvalue weighted by molar-refractivity contribution is 5.98. The van der Waals surface area contributed by atoms with E-state index in [1.165, 1.54) is 17.0 Å². The number of nitrogens with one attached hydrogen (secondary N) is 3. The average Bonchev–Trinajstić information content (AvgIpc) is 3.10. The van der Waals surface area contributed by atoms with Gasteiger partial charge in [0.25, 0.3) is 0 Å². The topological polar surface area (TPSA) is 117 Å². The molecule has 0 aliphatic carbocycles. The zero-order valence-corrected chi connectivity index (χ0v) is 16.2. The van der Waals surface area contributed by atoms with E-state index < -0.39 is 35.9 Å². The molecule has 0 bridgehead atoms. The highest BCUT2D eigenvalue weighted by Gasteiger charge is 2.46. The Morgan fingerprint density at radius 1 is 1.23 bits per heavy atom. The quantitative estimate of drug-likeness (QED) is 0.514. The monoisotopic (exact) mass is 427 g/mol. The third-order valence-electron chi connectivity index (χ3n) is 5.26. The summed E-state index contributed by atoms with van der Waals surface area (Å²) >= 11 is 0. The molecule has 0 saturated carbocycles. The van der Waals surface area contributed by atoms with Gasteiger partial charge >= 0.3 is 12.2 Å². The van der Waals surface area contributed by atoms with Gasteiger partial charge in [-0.25, -0.2) is 4.79 Å². The van der Waals surface area contributed by atoms with Crippen molar-refractivity contribution in [1.29, 1.82) is 0 Å². The second-order valence-electron chi connectivity index (χ2n) is 7.43. The van der Waals surface area contributed by atoms with Gasteiger partial charge in [-0.05, 0) is 44.4 Å².